The number of amidine groups is 1. The Kier molecular flexibility index (Phi) is 4.16. The second-order valence-electron chi connectivity index (χ2n) is 4.86. The van der Waals surface area contributed by atoms with Crippen LogP contribution in [0.2, 0.25) is 0 Å². The van der Waals surface area contributed by atoms with Crippen LogP contribution in [-0.2, 0) is 0 Å². The second kappa shape index (κ2) is 5.83. The maximum absolute atomic E-state index is 8.81. The van der Waals surface area contributed by atoms with Gasteiger partial charge in [0.25, 0.3) is 0 Å². The number of anilines is 1. The number of likely N-dealkylation sites (tertiary alicyclic amines) is 1. The van der Waals surface area contributed by atoms with Gasteiger partial charge in [0.1, 0.15) is 0 Å². The summed E-state index contributed by atoms with van der Waals surface area (Å²) in [6.45, 7) is 2.13. The van der Waals surface area contributed by atoms with E-state index in [0.29, 0.717) is 17.6 Å². The van der Waals surface area contributed by atoms with Gasteiger partial charge < -0.3 is 20.7 Å². The van der Waals surface area contributed by atoms with Crippen molar-refractivity contribution in [2.24, 2.45) is 10.9 Å². The maximum Gasteiger partial charge on any atom is 0.192 e. The van der Waals surface area contributed by atoms with Crippen molar-refractivity contribution >= 4 is 11.7 Å². The van der Waals surface area contributed by atoms with E-state index in [9.17, 15) is 0 Å². The fraction of sp³-hybridized carbons (Fsp3) is 0.583. The molecule has 104 valence electrons. The van der Waals surface area contributed by atoms with Gasteiger partial charge >= 0.3 is 0 Å². The van der Waals surface area contributed by atoms with Gasteiger partial charge in [-0.15, -0.1) is 0 Å². The Hall–Kier alpha value is -1.89. The Labute approximate surface area is 112 Å². The quantitative estimate of drug-likeness (QED) is 0.348. The first-order valence-electron chi connectivity index (χ1n) is 6.33. The van der Waals surface area contributed by atoms with Crippen LogP contribution in [0.25, 0.3) is 0 Å². The monoisotopic (exact) mass is 264 g/mol. The lowest BCUT2D eigenvalue weighted by Gasteiger charge is -2.36. The van der Waals surface area contributed by atoms with Gasteiger partial charge in [-0.05, 0) is 33.0 Å². The average molecular weight is 264 g/mol. The van der Waals surface area contributed by atoms with Crippen LogP contribution in [0.15, 0.2) is 17.5 Å². The fourth-order valence-electron chi connectivity index (χ4n) is 2.37. The third-order valence-electron chi connectivity index (χ3n) is 3.60. The molecule has 19 heavy (non-hydrogen) atoms. The zero-order valence-electron chi connectivity index (χ0n) is 11.3. The number of piperidine rings is 1. The minimum absolute atomic E-state index is 0.0112. The maximum atomic E-state index is 8.81. The van der Waals surface area contributed by atoms with E-state index in [1.165, 1.54) is 0 Å². The van der Waals surface area contributed by atoms with E-state index in [2.05, 4.69) is 32.0 Å². The molecule has 1 aromatic heterocycles. The van der Waals surface area contributed by atoms with E-state index in [1.54, 1.807) is 12.4 Å². The third kappa shape index (κ3) is 2.93. The van der Waals surface area contributed by atoms with Gasteiger partial charge in [0.2, 0.25) is 0 Å². The molecule has 2 heterocycles. The Morgan fingerprint density at radius 2 is 2.05 bits per heavy atom. The molecule has 0 spiro atoms. The van der Waals surface area contributed by atoms with Crippen molar-refractivity contribution in [2.45, 2.75) is 18.9 Å². The molecule has 1 aliphatic heterocycles. The van der Waals surface area contributed by atoms with Crippen LogP contribution in [-0.4, -0.2) is 59.1 Å². The lowest BCUT2D eigenvalue weighted by Crippen LogP contribution is -2.43. The Morgan fingerprint density at radius 1 is 1.42 bits per heavy atom. The average Bonchev–Trinajstić information content (AvgIpc) is 2.46. The van der Waals surface area contributed by atoms with Crippen LogP contribution in [0.3, 0.4) is 0 Å². The molecule has 2 rings (SSSR count). The predicted octanol–water partition coefficient (Wildman–Crippen LogP) is 0.102. The van der Waals surface area contributed by atoms with Gasteiger partial charge in [0.05, 0.1) is 0 Å². The van der Waals surface area contributed by atoms with Gasteiger partial charge in [-0.3, -0.25) is 0 Å². The zero-order valence-corrected chi connectivity index (χ0v) is 11.3. The molecule has 0 amide bonds. The Bertz CT molecular complexity index is 455. The molecule has 0 atom stereocenters. The molecule has 0 saturated carbocycles. The fourth-order valence-corrected chi connectivity index (χ4v) is 2.37. The summed E-state index contributed by atoms with van der Waals surface area (Å²) < 4.78 is 0. The minimum atomic E-state index is -0.0112. The van der Waals surface area contributed by atoms with E-state index < -0.39 is 0 Å². The normalized spacial score (nSPS) is 18.5. The summed E-state index contributed by atoms with van der Waals surface area (Å²) in [6.07, 6.45) is 5.30. The number of oxime groups is 1. The minimum Gasteiger partial charge on any atom is -0.409 e. The van der Waals surface area contributed by atoms with Crippen LogP contribution in [0, 0.1) is 0 Å². The first-order chi connectivity index (χ1) is 9.13. The summed E-state index contributed by atoms with van der Waals surface area (Å²) >= 11 is 0. The number of rotatable bonds is 3. The number of aromatic nitrogens is 2. The van der Waals surface area contributed by atoms with Crippen LogP contribution < -0.4 is 10.6 Å². The summed E-state index contributed by atoms with van der Waals surface area (Å²) in [5, 5.41) is 11.8. The molecule has 1 fully saturated rings. The van der Waals surface area contributed by atoms with Gasteiger partial charge in [0, 0.05) is 25.5 Å². The van der Waals surface area contributed by atoms with Gasteiger partial charge in [-0.25, -0.2) is 9.97 Å². The SMILES string of the molecule is CN1CCC(N(C)c2nccnc2C(N)=NO)CC1. The van der Waals surface area contributed by atoms with E-state index >= 15 is 0 Å². The molecule has 7 nitrogen and oxygen atoms in total. The molecule has 0 aromatic carbocycles. The smallest absolute Gasteiger partial charge is 0.192 e. The number of nitrogens with zero attached hydrogens (tertiary/aromatic N) is 5. The molecule has 3 N–H and O–H groups in total. The van der Waals surface area contributed by atoms with Gasteiger partial charge in [0.15, 0.2) is 17.3 Å². The largest absolute Gasteiger partial charge is 0.409 e. The summed E-state index contributed by atoms with van der Waals surface area (Å²) in [5.74, 6) is 0.648. The molecule has 0 unspecified atom stereocenters. The summed E-state index contributed by atoms with van der Waals surface area (Å²) in [6, 6.07) is 0.401. The first-order valence-corrected chi connectivity index (χ1v) is 6.33. The topological polar surface area (TPSA) is 90.9 Å². The lowest BCUT2D eigenvalue weighted by atomic mass is 10.0. The highest BCUT2D eigenvalue weighted by molar-refractivity contribution is 5.99. The van der Waals surface area contributed by atoms with Crippen LogP contribution in [0.1, 0.15) is 18.5 Å². The summed E-state index contributed by atoms with van der Waals surface area (Å²) in [5.41, 5.74) is 6.07. The van der Waals surface area contributed by atoms with Gasteiger partial charge in [-0.1, -0.05) is 5.16 Å². The molecular formula is C12H20N6O. The second-order valence-corrected chi connectivity index (χ2v) is 4.86. The van der Waals surface area contributed by atoms with Crippen LogP contribution >= 0.6 is 0 Å². The highest BCUT2D eigenvalue weighted by Crippen LogP contribution is 2.21. The van der Waals surface area contributed by atoms with Crippen LogP contribution in [0.5, 0.6) is 0 Å². The highest BCUT2D eigenvalue weighted by atomic mass is 16.4. The number of nitrogens with two attached hydrogens (primary N) is 1. The molecule has 1 saturated heterocycles. The van der Waals surface area contributed by atoms with Crippen molar-refractivity contribution in [2.75, 3.05) is 32.1 Å². The van der Waals surface area contributed by atoms with Crippen molar-refractivity contribution < 1.29 is 5.21 Å². The lowest BCUT2D eigenvalue weighted by molar-refractivity contribution is 0.252. The molecule has 0 aliphatic carbocycles. The summed E-state index contributed by atoms with van der Waals surface area (Å²) in [7, 11) is 4.11. The molecular weight excluding hydrogens is 244 g/mol. The van der Waals surface area contributed by atoms with Gasteiger partial charge in [-0.2, -0.15) is 0 Å². The van der Waals surface area contributed by atoms with E-state index in [1.807, 2.05) is 7.05 Å². The zero-order chi connectivity index (χ0) is 13.8. The van der Waals surface area contributed by atoms with E-state index in [0.717, 1.165) is 25.9 Å². The van der Waals surface area contributed by atoms with Crippen molar-refractivity contribution in [1.82, 2.24) is 14.9 Å². The number of hydrogen-bond donors (Lipinski definition) is 2. The van der Waals surface area contributed by atoms with Crippen molar-refractivity contribution in [1.29, 1.82) is 0 Å². The molecule has 1 aliphatic rings. The first kappa shape index (κ1) is 13.5. The van der Waals surface area contributed by atoms with Crippen molar-refractivity contribution in [3.05, 3.63) is 18.1 Å². The predicted molar refractivity (Wildman–Crippen MR) is 73.5 cm³/mol. The molecule has 7 heteroatoms. The third-order valence-corrected chi connectivity index (χ3v) is 3.60. The molecule has 0 radical (unpaired) electrons. The molecule has 1 aromatic rings. The molecule has 0 bridgehead atoms. The van der Waals surface area contributed by atoms with E-state index in [-0.39, 0.29) is 5.84 Å². The number of hydrogen-bond acceptors (Lipinski definition) is 6. The van der Waals surface area contributed by atoms with E-state index in [4.69, 9.17) is 10.9 Å². The van der Waals surface area contributed by atoms with Crippen LogP contribution in [0.4, 0.5) is 5.82 Å². The van der Waals surface area contributed by atoms with Crippen molar-refractivity contribution in [3.63, 3.8) is 0 Å². The Balaban J connectivity index is 2.21. The Morgan fingerprint density at radius 3 is 2.68 bits per heavy atom. The summed E-state index contributed by atoms with van der Waals surface area (Å²) in [4.78, 5) is 12.9. The highest BCUT2D eigenvalue weighted by Gasteiger charge is 2.24. The standard InChI is InChI=1S/C12H20N6O/c1-17-7-3-9(4-8-17)18(2)12-10(11(13)16-19)14-5-6-15-12/h5-6,9,19H,3-4,7-8H2,1-2H3,(H2,13,16). The van der Waals surface area contributed by atoms with Crippen molar-refractivity contribution in [3.8, 4) is 0 Å².